The van der Waals surface area contributed by atoms with Crippen molar-refractivity contribution in [3.05, 3.63) is 76.8 Å². The summed E-state index contributed by atoms with van der Waals surface area (Å²) < 4.78 is 8.10. The Balaban J connectivity index is 1.31. The Labute approximate surface area is 214 Å². The number of thiocarbonyl (C=S) groups is 1. The summed E-state index contributed by atoms with van der Waals surface area (Å²) in [7, 11) is 0. The largest absolute Gasteiger partial charge is 0.376 e. The third-order valence-electron chi connectivity index (χ3n) is 6.31. The molecule has 3 heterocycles. The summed E-state index contributed by atoms with van der Waals surface area (Å²) in [5, 5.41) is 3.98. The van der Waals surface area contributed by atoms with Crippen LogP contribution in [0.2, 0.25) is 0 Å². The van der Waals surface area contributed by atoms with E-state index in [1.165, 1.54) is 17.3 Å². The first-order chi connectivity index (χ1) is 17.1. The van der Waals surface area contributed by atoms with Gasteiger partial charge in [-0.1, -0.05) is 72.5 Å². The molecule has 1 N–H and O–H groups in total. The zero-order chi connectivity index (χ0) is 24.2. The molecule has 1 aromatic heterocycles. The van der Waals surface area contributed by atoms with Gasteiger partial charge in [-0.2, -0.15) is 0 Å². The highest BCUT2D eigenvalue weighted by molar-refractivity contribution is 8.26. The number of rotatable bonds is 8. The van der Waals surface area contributed by atoms with Gasteiger partial charge in [-0.05, 0) is 37.0 Å². The van der Waals surface area contributed by atoms with Gasteiger partial charge in [-0.25, -0.2) is 0 Å². The van der Waals surface area contributed by atoms with Crippen LogP contribution in [0.4, 0.5) is 0 Å². The molecule has 0 saturated carbocycles. The van der Waals surface area contributed by atoms with E-state index in [4.69, 9.17) is 17.0 Å². The van der Waals surface area contributed by atoms with Crippen molar-refractivity contribution in [3.63, 3.8) is 0 Å². The molecule has 0 aliphatic carbocycles. The van der Waals surface area contributed by atoms with Crippen molar-refractivity contribution in [1.29, 1.82) is 0 Å². The normalized spacial score (nSPS) is 19.3. The van der Waals surface area contributed by atoms with E-state index in [1.54, 1.807) is 4.90 Å². The number of nitrogens with zero attached hydrogens (tertiary/aromatic N) is 2. The molecule has 0 unspecified atom stereocenters. The van der Waals surface area contributed by atoms with Crippen molar-refractivity contribution < 1.29 is 14.3 Å². The van der Waals surface area contributed by atoms with Gasteiger partial charge in [-0.15, -0.1) is 0 Å². The Hall–Kier alpha value is -2.94. The zero-order valence-electron chi connectivity index (χ0n) is 19.3. The molecular weight excluding hydrogens is 478 g/mol. The Morgan fingerprint density at radius 3 is 2.77 bits per heavy atom. The summed E-state index contributed by atoms with van der Waals surface area (Å²) in [4.78, 5) is 28.0. The molecule has 2 amide bonds. The second kappa shape index (κ2) is 10.8. The molecule has 5 rings (SSSR count). The number of hydrogen-bond acceptors (Lipinski definition) is 5. The molecule has 2 aromatic carbocycles. The molecule has 3 aromatic rings. The summed E-state index contributed by atoms with van der Waals surface area (Å²) >= 11 is 6.85. The van der Waals surface area contributed by atoms with Gasteiger partial charge in [-0.3, -0.25) is 14.5 Å². The zero-order valence-corrected chi connectivity index (χ0v) is 20.9. The maximum absolute atomic E-state index is 13.1. The monoisotopic (exact) mass is 505 g/mol. The van der Waals surface area contributed by atoms with E-state index in [9.17, 15) is 9.59 Å². The lowest BCUT2D eigenvalue weighted by Gasteiger charge is -2.14. The van der Waals surface area contributed by atoms with Gasteiger partial charge in [0.15, 0.2) is 0 Å². The van der Waals surface area contributed by atoms with E-state index in [0.717, 1.165) is 42.3 Å². The lowest BCUT2D eigenvalue weighted by Crippen LogP contribution is -2.34. The molecule has 0 bridgehead atoms. The van der Waals surface area contributed by atoms with Crippen molar-refractivity contribution in [3.8, 4) is 0 Å². The first-order valence-electron chi connectivity index (χ1n) is 11.8. The van der Waals surface area contributed by atoms with Crippen LogP contribution in [0.3, 0.4) is 0 Å². The van der Waals surface area contributed by atoms with Crippen LogP contribution < -0.4 is 5.32 Å². The highest BCUT2D eigenvalue weighted by Gasteiger charge is 2.32. The Morgan fingerprint density at radius 2 is 1.97 bits per heavy atom. The molecule has 2 saturated heterocycles. The number of hydrogen-bond donors (Lipinski definition) is 1. The molecule has 2 aliphatic heterocycles. The van der Waals surface area contributed by atoms with Crippen molar-refractivity contribution in [2.24, 2.45) is 0 Å². The predicted molar refractivity (Wildman–Crippen MR) is 144 cm³/mol. The number of carbonyl (C=O) groups excluding carboxylic acids is 2. The van der Waals surface area contributed by atoms with Crippen LogP contribution in [-0.4, -0.2) is 51.4 Å². The molecule has 0 spiro atoms. The SMILES string of the molecule is O=C(Cn1cc(/C=C2\SC(=S)N(CCc3ccccc3)C2=O)c2ccccc21)NC[C@H]1CCCO1. The second-order valence-corrected chi connectivity index (χ2v) is 10.4. The van der Waals surface area contributed by atoms with Crippen molar-refractivity contribution >= 4 is 57.1 Å². The maximum atomic E-state index is 13.1. The minimum absolute atomic E-state index is 0.0555. The molecule has 1 atom stereocenters. The van der Waals surface area contributed by atoms with E-state index in [1.807, 2.05) is 59.3 Å². The highest BCUT2D eigenvalue weighted by atomic mass is 32.2. The summed E-state index contributed by atoms with van der Waals surface area (Å²) in [6.45, 7) is 2.07. The maximum Gasteiger partial charge on any atom is 0.266 e. The molecule has 2 fully saturated rings. The third-order valence-corrected chi connectivity index (χ3v) is 7.69. The number of nitrogens with one attached hydrogen (secondary N) is 1. The topological polar surface area (TPSA) is 63.6 Å². The van der Waals surface area contributed by atoms with Gasteiger partial charge in [0, 0.05) is 42.4 Å². The van der Waals surface area contributed by atoms with E-state index in [-0.39, 0.29) is 24.5 Å². The minimum Gasteiger partial charge on any atom is -0.376 e. The molecule has 0 radical (unpaired) electrons. The Morgan fingerprint density at radius 1 is 1.17 bits per heavy atom. The number of thioether (sulfide) groups is 1. The van der Waals surface area contributed by atoms with Crippen LogP contribution in [0.15, 0.2) is 65.7 Å². The first-order valence-corrected chi connectivity index (χ1v) is 13.1. The van der Waals surface area contributed by atoms with Crippen LogP contribution in [0.25, 0.3) is 17.0 Å². The number of para-hydroxylation sites is 1. The smallest absolute Gasteiger partial charge is 0.266 e. The fourth-order valence-electron chi connectivity index (χ4n) is 4.48. The van der Waals surface area contributed by atoms with E-state index >= 15 is 0 Å². The standard InChI is InChI=1S/C27H27N3O3S2/c31-25(28-16-21-9-6-14-33-21)18-29-17-20(22-10-4-5-11-23(22)29)15-24-26(32)30(27(34)35-24)13-12-19-7-2-1-3-8-19/h1-5,7-8,10-11,15,17,21H,6,9,12-14,16,18H2,(H,28,31)/b24-15-/t21-/m1/s1. The fourth-order valence-corrected chi connectivity index (χ4v) is 5.78. The molecular formula is C27H27N3O3S2. The predicted octanol–water partition coefficient (Wildman–Crippen LogP) is 4.38. The van der Waals surface area contributed by atoms with Gasteiger partial charge in [0.2, 0.25) is 5.91 Å². The minimum atomic E-state index is -0.0675. The van der Waals surface area contributed by atoms with Crippen molar-refractivity contribution in [1.82, 2.24) is 14.8 Å². The summed E-state index contributed by atoms with van der Waals surface area (Å²) in [6, 6.07) is 18.0. The van der Waals surface area contributed by atoms with Crippen LogP contribution in [0, 0.1) is 0 Å². The first kappa shape index (κ1) is 23.8. The summed E-state index contributed by atoms with van der Waals surface area (Å²) in [5.74, 6) is -0.123. The van der Waals surface area contributed by atoms with Gasteiger partial charge in [0.05, 0.1) is 11.0 Å². The van der Waals surface area contributed by atoms with Crippen LogP contribution in [0.5, 0.6) is 0 Å². The lowest BCUT2D eigenvalue weighted by atomic mass is 10.1. The number of ether oxygens (including phenoxy) is 1. The third kappa shape index (κ3) is 5.50. The number of carbonyl (C=O) groups is 2. The number of aromatic nitrogens is 1. The van der Waals surface area contributed by atoms with E-state index in [2.05, 4.69) is 17.4 Å². The molecule has 8 heteroatoms. The van der Waals surface area contributed by atoms with E-state index in [0.29, 0.717) is 22.3 Å². The molecule has 6 nitrogen and oxygen atoms in total. The Bertz CT molecular complexity index is 1280. The summed E-state index contributed by atoms with van der Waals surface area (Å²) in [5.41, 5.74) is 3.02. The molecule has 35 heavy (non-hydrogen) atoms. The van der Waals surface area contributed by atoms with Gasteiger partial charge in [0.1, 0.15) is 10.9 Å². The number of benzene rings is 2. The molecule has 2 aliphatic rings. The van der Waals surface area contributed by atoms with Crippen LogP contribution >= 0.6 is 24.0 Å². The lowest BCUT2D eigenvalue weighted by molar-refractivity contribution is -0.122. The fraction of sp³-hybridized carbons (Fsp3) is 0.296. The average Bonchev–Trinajstić information content (AvgIpc) is 3.57. The average molecular weight is 506 g/mol. The van der Waals surface area contributed by atoms with E-state index < -0.39 is 0 Å². The van der Waals surface area contributed by atoms with Crippen LogP contribution in [-0.2, 0) is 27.3 Å². The van der Waals surface area contributed by atoms with Gasteiger partial charge < -0.3 is 14.6 Å². The quantitative estimate of drug-likeness (QED) is 0.364. The van der Waals surface area contributed by atoms with Crippen LogP contribution in [0.1, 0.15) is 24.0 Å². The number of amides is 2. The highest BCUT2D eigenvalue weighted by Crippen LogP contribution is 2.34. The Kier molecular flexibility index (Phi) is 7.32. The second-order valence-electron chi connectivity index (χ2n) is 8.74. The van der Waals surface area contributed by atoms with Gasteiger partial charge in [0.25, 0.3) is 5.91 Å². The summed E-state index contributed by atoms with van der Waals surface area (Å²) in [6.07, 6.45) is 6.73. The van der Waals surface area contributed by atoms with Crippen molar-refractivity contribution in [2.75, 3.05) is 19.7 Å². The van der Waals surface area contributed by atoms with Gasteiger partial charge >= 0.3 is 0 Å². The number of fused-ring (bicyclic) bond motifs is 1. The molecule has 180 valence electrons. The van der Waals surface area contributed by atoms with Crippen molar-refractivity contribution in [2.45, 2.75) is 31.9 Å².